The third kappa shape index (κ3) is 5.54. The van der Waals surface area contributed by atoms with Crippen LogP contribution in [0.1, 0.15) is 16.7 Å². The van der Waals surface area contributed by atoms with Crippen LogP contribution < -0.4 is 15.0 Å². The molecule has 0 aromatic heterocycles. The van der Waals surface area contributed by atoms with Crippen LogP contribution in [0.3, 0.4) is 0 Å². The van der Waals surface area contributed by atoms with E-state index < -0.39 is 23.8 Å². The van der Waals surface area contributed by atoms with E-state index in [9.17, 15) is 19.2 Å². The minimum atomic E-state index is -0.840. The number of nitrogens with zero attached hydrogens (tertiary/aromatic N) is 1. The monoisotopic (exact) mass is 486 g/mol. The number of barbiturate groups is 1. The molecule has 1 heterocycles. The van der Waals surface area contributed by atoms with Gasteiger partial charge in [-0.3, -0.25) is 14.9 Å². The zero-order valence-corrected chi connectivity index (χ0v) is 19.3. The van der Waals surface area contributed by atoms with Gasteiger partial charge in [-0.1, -0.05) is 54.1 Å². The van der Waals surface area contributed by atoms with Crippen LogP contribution in [0.4, 0.5) is 10.5 Å². The Labute approximate surface area is 206 Å². The number of aryl methyl sites for hydroxylation is 1. The van der Waals surface area contributed by atoms with E-state index in [1.807, 2.05) is 13.0 Å². The molecule has 0 unspecified atom stereocenters. The maximum Gasteiger partial charge on any atom is 0.336 e. The smallest absolute Gasteiger partial charge is 0.336 e. The highest BCUT2D eigenvalue weighted by atomic mass is 35.5. The minimum Gasteiger partial charge on any atom is -0.423 e. The van der Waals surface area contributed by atoms with Crippen LogP contribution in [0.5, 0.6) is 5.75 Å². The molecule has 3 aromatic rings. The Morgan fingerprint density at radius 2 is 1.71 bits per heavy atom. The number of halogens is 1. The van der Waals surface area contributed by atoms with Crippen molar-refractivity contribution >= 4 is 53.3 Å². The number of hydrogen-bond donors (Lipinski definition) is 1. The number of ether oxygens (including phenoxy) is 1. The highest BCUT2D eigenvalue weighted by Gasteiger charge is 2.37. The molecule has 1 aliphatic rings. The Hall–Kier alpha value is -4.49. The van der Waals surface area contributed by atoms with Gasteiger partial charge in [0.05, 0.1) is 5.69 Å². The quantitative estimate of drug-likeness (QED) is 0.239. The molecule has 174 valence electrons. The molecule has 1 fully saturated rings. The molecule has 7 nitrogen and oxygen atoms in total. The SMILES string of the molecule is Cc1cccc(N2C(=O)NC(=O)/C(=C/c3ccccc3OC(=O)/C=C/c3ccc(Cl)cc3)C2=O)c1. The van der Waals surface area contributed by atoms with E-state index in [0.717, 1.165) is 16.0 Å². The molecule has 1 saturated heterocycles. The Morgan fingerprint density at radius 1 is 0.971 bits per heavy atom. The molecule has 0 atom stereocenters. The predicted octanol–water partition coefficient (Wildman–Crippen LogP) is 4.93. The van der Waals surface area contributed by atoms with Gasteiger partial charge >= 0.3 is 12.0 Å². The number of carbonyl (C=O) groups excluding carboxylic acids is 4. The molecular weight excluding hydrogens is 468 g/mol. The summed E-state index contributed by atoms with van der Waals surface area (Å²) in [6.07, 6.45) is 4.12. The van der Waals surface area contributed by atoms with Gasteiger partial charge < -0.3 is 4.74 Å². The molecule has 0 radical (unpaired) electrons. The number of carbonyl (C=O) groups is 4. The second kappa shape index (κ2) is 10.2. The third-order valence-corrected chi connectivity index (χ3v) is 5.32. The van der Waals surface area contributed by atoms with E-state index >= 15 is 0 Å². The Morgan fingerprint density at radius 3 is 2.46 bits per heavy atom. The standard InChI is InChI=1S/C27H19ClN2O5/c1-17-5-4-7-21(15-17)30-26(33)22(25(32)29-27(30)34)16-19-6-2-3-8-23(19)35-24(31)14-11-18-9-12-20(28)13-10-18/h2-16H,1H3,(H,29,32,34)/b14-11+,22-16-. The summed E-state index contributed by atoms with van der Waals surface area (Å²) in [5.74, 6) is -2.13. The van der Waals surface area contributed by atoms with E-state index in [1.165, 1.54) is 18.2 Å². The van der Waals surface area contributed by atoms with Gasteiger partial charge in [0, 0.05) is 16.7 Å². The van der Waals surface area contributed by atoms with Crippen molar-refractivity contribution in [3.63, 3.8) is 0 Å². The molecule has 0 saturated carbocycles. The first-order valence-electron chi connectivity index (χ1n) is 10.5. The molecule has 8 heteroatoms. The average Bonchev–Trinajstić information content (AvgIpc) is 2.82. The summed E-state index contributed by atoms with van der Waals surface area (Å²) in [6.45, 7) is 1.82. The zero-order chi connectivity index (χ0) is 24.9. The fourth-order valence-electron chi connectivity index (χ4n) is 3.39. The van der Waals surface area contributed by atoms with E-state index in [2.05, 4.69) is 5.32 Å². The maximum absolute atomic E-state index is 13.1. The highest BCUT2D eigenvalue weighted by molar-refractivity contribution is 6.39. The van der Waals surface area contributed by atoms with Crippen molar-refractivity contribution < 1.29 is 23.9 Å². The molecule has 0 bridgehead atoms. The summed E-state index contributed by atoms with van der Waals surface area (Å²) < 4.78 is 5.43. The van der Waals surface area contributed by atoms with Gasteiger partial charge in [0.25, 0.3) is 11.8 Å². The van der Waals surface area contributed by atoms with E-state index in [-0.39, 0.29) is 11.3 Å². The fourth-order valence-corrected chi connectivity index (χ4v) is 3.51. The van der Waals surface area contributed by atoms with Gasteiger partial charge in [-0.25, -0.2) is 14.5 Å². The van der Waals surface area contributed by atoms with Crippen LogP contribution in [-0.2, 0) is 14.4 Å². The number of amides is 4. The molecule has 4 amide bonds. The summed E-state index contributed by atoms with van der Waals surface area (Å²) in [5.41, 5.74) is 1.98. The van der Waals surface area contributed by atoms with Crippen molar-refractivity contribution in [3.05, 3.63) is 106 Å². The maximum atomic E-state index is 13.1. The normalized spacial score (nSPS) is 15.0. The lowest BCUT2D eigenvalue weighted by Gasteiger charge is -2.26. The number of rotatable bonds is 5. The summed E-state index contributed by atoms with van der Waals surface area (Å²) in [4.78, 5) is 51.3. The largest absolute Gasteiger partial charge is 0.423 e. The first-order valence-corrected chi connectivity index (χ1v) is 10.9. The lowest BCUT2D eigenvalue weighted by Crippen LogP contribution is -2.54. The van der Waals surface area contributed by atoms with Gasteiger partial charge in [0.2, 0.25) is 0 Å². The third-order valence-electron chi connectivity index (χ3n) is 5.07. The van der Waals surface area contributed by atoms with Crippen LogP contribution in [0.25, 0.3) is 12.2 Å². The zero-order valence-electron chi connectivity index (χ0n) is 18.5. The van der Waals surface area contributed by atoms with E-state index in [4.69, 9.17) is 16.3 Å². The molecular formula is C27H19ClN2O5. The number of anilines is 1. The Bertz CT molecular complexity index is 1390. The predicted molar refractivity (Wildman–Crippen MR) is 133 cm³/mol. The van der Waals surface area contributed by atoms with Gasteiger partial charge in [-0.15, -0.1) is 0 Å². The van der Waals surface area contributed by atoms with Crippen LogP contribution in [0.2, 0.25) is 5.02 Å². The van der Waals surface area contributed by atoms with Gasteiger partial charge in [0.1, 0.15) is 11.3 Å². The van der Waals surface area contributed by atoms with E-state index in [1.54, 1.807) is 66.7 Å². The number of nitrogens with one attached hydrogen (secondary N) is 1. The number of esters is 1. The average molecular weight is 487 g/mol. The summed E-state index contributed by atoms with van der Waals surface area (Å²) >= 11 is 5.86. The lowest BCUT2D eigenvalue weighted by atomic mass is 10.1. The lowest BCUT2D eigenvalue weighted by molar-refractivity contribution is -0.129. The number of urea groups is 1. The molecule has 3 aromatic carbocycles. The molecule has 35 heavy (non-hydrogen) atoms. The summed E-state index contributed by atoms with van der Waals surface area (Å²) in [6, 6.07) is 19.3. The van der Waals surface area contributed by atoms with Crippen molar-refractivity contribution in [1.29, 1.82) is 0 Å². The minimum absolute atomic E-state index is 0.144. The first-order chi connectivity index (χ1) is 16.8. The number of benzene rings is 3. The van der Waals surface area contributed by atoms with Crippen LogP contribution in [-0.4, -0.2) is 23.8 Å². The van der Waals surface area contributed by atoms with Crippen molar-refractivity contribution in [2.75, 3.05) is 4.90 Å². The molecule has 1 N–H and O–H groups in total. The van der Waals surface area contributed by atoms with Gasteiger partial charge in [-0.05, 0) is 60.5 Å². The van der Waals surface area contributed by atoms with Crippen molar-refractivity contribution in [3.8, 4) is 5.75 Å². The van der Waals surface area contributed by atoms with Crippen LogP contribution in [0, 0.1) is 6.92 Å². The van der Waals surface area contributed by atoms with Crippen LogP contribution >= 0.6 is 11.6 Å². The summed E-state index contributed by atoms with van der Waals surface area (Å²) in [5, 5.41) is 2.76. The molecule has 4 rings (SSSR count). The second-order valence-electron chi connectivity index (χ2n) is 7.64. The van der Waals surface area contributed by atoms with Gasteiger partial charge in [0.15, 0.2) is 0 Å². The van der Waals surface area contributed by atoms with Crippen molar-refractivity contribution in [2.45, 2.75) is 6.92 Å². The number of imide groups is 2. The number of hydrogen-bond acceptors (Lipinski definition) is 5. The molecule has 1 aliphatic heterocycles. The second-order valence-corrected chi connectivity index (χ2v) is 8.08. The Kier molecular flexibility index (Phi) is 6.89. The number of para-hydroxylation sites is 1. The van der Waals surface area contributed by atoms with E-state index in [0.29, 0.717) is 16.3 Å². The topological polar surface area (TPSA) is 92.8 Å². The van der Waals surface area contributed by atoms with Crippen molar-refractivity contribution in [2.24, 2.45) is 0 Å². The first kappa shape index (κ1) is 23.7. The summed E-state index contributed by atoms with van der Waals surface area (Å²) in [7, 11) is 0. The highest BCUT2D eigenvalue weighted by Crippen LogP contribution is 2.26. The fraction of sp³-hybridized carbons (Fsp3) is 0.0370. The molecule has 0 spiro atoms. The Balaban J connectivity index is 1.60. The van der Waals surface area contributed by atoms with Crippen molar-refractivity contribution in [1.82, 2.24) is 5.32 Å². The molecule has 0 aliphatic carbocycles. The van der Waals surface area contributed by atoms with Crippen LogP contribution in [0.15, 0.2) is 84.4 Å². The van der Waals surface area contributed by atoms with Gasteiger partial charge in [-0.2, -0.15) is 0 Å².